The third kappa shape index (κ3) is 1.35. The van der Waals surface area contributed by atoms with Crippen LogP contribution in [0.1, 0.15) is 18.4 Å². The molecule has 3 nitrogen and oxygen atoms in total. The first-order valence-electron chi connectivity index (χ1n) is 4.67. The third-order valence-electron chi connectivity index (χ3n) is 2.71. The van der Waals surface area contributed by atoms with Gasteiger partial charge >= 0.3 is 0 Å². The Morgan fingerprint density at radius 3 is 2.71 bits per heavy atom. The van der Waals surface area contributed by atoms with Crippen LogP contribution in [0.3, 0.4) is 0 Å². The van der Waals surface area contributed by atoms with Gasteiger partial charge in [-0.05, 0) is 18.9 Å². The van der Waals surface area contributed by atoms with Crippen molar-refractivity contribution in [1.82, 2.24) is 5.32 Å². The van der Waals surface area contributed by atoms with E-state index < -0.39 is 0 Å². The SMILES string of the molecule is COc1ccccc1C1(NC=O)CC1. The summed E-state index contributed by atoms with van der Waals surface area (Å²) in [7, 11) is 1.65. The van der Waals surface area contributed by atoms with Gasteiger partial charge in [0.1, 0.15) is 5.75 Å². The fraction of sp³-hybridized carbons (Fsp3) is 0.364. The van der Waals surface area contributed by atoms with E-state index >= 15 is 0 Å². The predicted molar refractivity (Wildman–Crippen MR) is 53.1 cm³/mol. The Bertz CT molecular complexity index is 345. The molecule has 0 spiro atoms. The summed E-state index contributed by atoms with van der Waals surface area (Å²) in [5, 5.41) is 2.86. The maximum absolute atomic E-state index is 10.5. The third-order valence-corrected chi connectivity index (χ3v) is 2.71. The quantitative estimate of drug-likeness (QED) is 0.731. The molecule has 0 aliphatic heterocycles. The van der Waals surface area contributed by atoms with Crippen LogP contribution < -0.4 is 10.1 Å². The molecule has 0 aromatic heterocycles. The van der Waals surface area contributed by atoms with Gasteiger partial charge in [-0.3, -0.25) is 4.79 Å². The highest BCUT2D eigenvalue weighted by atomic mass is 16.5. The van der Waals surface area contributed by atoms with E-state index in [1.165, 1.54) is 0 Å². The maximum Gasteiger partial charge on any atom is 0.207 e. The molecular weight excluding hydrogens is 178 g/mol. The summed E-state index contributed by atoms with van der Waals surface area (Å²) >= 11 is 0. The zero-order chi connectivity index (χ0) is 10.0. The lowest BCUT2D eigenvalue weighted by Crippen LogP contribution is -2.27. The minimum absolute atomic E-state index is 0.158. The normalized spacial score (nSPS) is 17.2. The van der Waals surface area contributed by atoms with Crippen molar-refractivity contribution in [3.8, 4) is 5.75 Å². The molecular formula is C11H13NO2. The molecule has 1 fully saturated rings. The average Bonchev–Trinajstić information content (AvgIpc) is 2.99. The molecule has 74 valence electrons. The van der Waals surface area contributed by atoms with Gasteiger partial charge < -0.3 is 10.1 Å². The van der Waals surface area contributed by atoms with Crippen molar-refractivity contribution in [1.29, 1.82) is 0 Å². The number of carbonyl (C=O) groups excluding carboxylic acids is 1. The average molecular weight is 191 g/mol. The van der Waals surface area contributed by atoms with Crippen LogP contribution in [0.4, 0.5) is 0 Å². The van der Waals surface area contributed by atoms with E-state index in [-0.39, 0.29) is 5.54 Å². The zero-order valence-corrected chi connectivity index (χ0v) is 8.12. The van der Waals surface area contributed by atoms with Crippen molar-refractivity contribution in [2.45, 2.75) is 18.4 Å². The van der Waals surface area contributed by atoms with Crippen LogP contribution in [0.15, 0.2) is 24.3 Å². The molecule has 1 amide bonds. The van der Waals surface area contributed by atoms with Gasteiger partial charge in [-0.25, -0.2) is 0 Å². The molecule has 14 heavy (non-hydrogen) atoms. The summed E-state index contributed by atoms with van der Waals surface area (Å²) in [5.74, 6) is 0.847. The van der Waals surface area contributed by atoms with Gasteiger partial charge in [-0.2, -0.15) is 0 Å². The van der Waals surface area contributed by atoms with E-state index in [4.69, 9.17) is 4.74 Å². The Morgan fingerprint density at radius 1 is 1.43 bits per heavy atom. The second-order valence-electron chi connectivity index (χ2n) is 3.54. The molecule has 2 rings (SSSR count). The molecule has 0 radical (unpaired) electrons. The summed E-state index contributed by atoms with van der Waals surface area (Å²) in [6, 6.07) is 7.81. The van der Waals surface area contributed by atoms with E-state index in [2.05, 4.69) is 5.32 Å². The van der Waals surface area contributed by atoms with Gasteiger partial charge in [0.05, 0.1) is 12.6 Å². The van der Waals surface area contributed by atoms with Crippen molar-refractivity contribution >= 4 is 6.41 Å². The van der Waals surface area contributed by atoms with Crippen molar-refractivity contribution < 1.29 is 9.53 Å². The van der Waals surface area contributed by atoms with Crippen molar-refractivity contribution in [3.63, 3.8) is 0 Å². The van der Waals surface area contributed by atoms with Crippen LogP contribution in [0.5, 0.6) is 5.75 Å². The highest BCUT2D eigenvalue weighted by Crippen LogP contribution is 2.48. The van der Waals surface area contributed by atoms with Crippen molar-refractivity contribution in [2.75, 3.05) is 7.11 Å². The molecule has 0 unspecified atom stereocenters. The van der Waals surface area contributed by atoms with E-state index in [0.29, 0.717) is 0 Å². The van der Waals surface area contributed by atoms with Gasteiger partial charge in [0.25, 0.3) is 0 Å². The Balaban J connectivity index is 2.35. The van der Waals surface area contributed by atoms with Crippen LogP contribution in [0.25, 0.3) is 0 Å². The van der Waals surface area contributed by atoms with Gasteiger partial charge in [-0.1, -0.05) is 18.2 Å². The number of rotatable bonds is 4. The first-order valence-corrected chi connectivity index (χ1v) is 4.67. The second-order valence-corrected chi connectivity index (χ2v) is 3.54. The van der Waals surface area contributed by atoms with Crippen molar-refractivity contribution in [3.05, 3.63) is 29.8 Å². The molecule has 1 aliphatic carbocycles. The molecule has 1 aliphatic rings. The second kappa shape index (κ2) is 3.33. The largest absolute Gasteiger partial charge is 0.496 e. The molecule has 0 atom stereocenters. The number of amides is 1. The number of hydrogen-bond donors (Lipinski definition) is 1. The first-order chi connectivity index (χ1) is 6.82. The number of nitrogens with one attached hydrogen (secondary N) is 1. The number of methoxy groups -OCH3 is 1. The molecule has 0 saturated heterocycles. The number of ether oxygens (including phenoxy) is 1. The summed E-state index contributed by atoms with van der Waals surface area (Å²) in [6.07, 6.45) is 2.75. The van der Waals surface area contributed by atoms with E-state index in [1.807, 2.05) is 24.3 Å². The number of carbonyl (C=O) groups is 1. The minimum Gasteiger partial charge on any atom is -0.496 e. The van der Waals surface area contributed by atoms with Crippen LogP contribution in [-0.4, -0.2) is 13.5 Å². The molecule has 3 heteroatoms. The smallest absolute Gasteiger partial charge is 0.207 e. The topological polar surface area (TPSA) is 38.3 Å². The lowest BCUT2D eigenvalue weighted by molar-refractivity contribution is -0.110. The standard InChI is InChI=1S/C11H13NO2/c1-14-10-5-3-2-4-9(10)11(6-7-11)12-8-13/h2-5,8H,6-7H2,1H3,(H,12,13). The highest BCUT2D eigenvalue weighted by molar-refractivity contribution is 5.54. The molecule has 0 bridgehead atoms. The van der Waals surface area contributed by atoms with Crippen LogP contribution in [0, 0.1) is 0 Å². The van der Waals surface area contributed by atoms with Crippen molar-refractivity contribution in [2.24, 2.45) is 0 Å². The number of benzene rings is 1. The summed E-state index contributed by atoms with van der Waals surface area (Å²) < 4.78 is 5.26. The van der Waals surface area contributed by atoms with E-state index in [9.17, 15) is 4.79 Å². The van der Waals surface area contributed by atoms with Gasteiger partial charge in [0.15, 0.2) is 0 Å². The fourth-order valence-corrected chi connectivity index (χ4v) is 1.77. The predicted octanol–water partition coefficient (Wildman–Crippen LogP) is 1.43. The monoisotopic (exact) mass is 191 g/mol. The summed E-state index contributed by atoms with van der Waals surface area (Å²) in [5.41, 5.74) is 0.920. The molecule has 1 aromatic rings. The molecule has 1 aromatic carbocycles. The van der Waals surface area contributed by atoms with Gasteiger partial charge in [-0.15, -0.1) is 0 Å². The fourth-order valence-electron chi connectivity index (χ4n) is 1.77. The first kappa shape index (κ1) is 9.06. The van der Waals surface area contributed by atoms with E-state index in [1.54, 1.807) is 7.11 Å². The van der Waals surface area contributed by atoms with Gasteiger partial charge in [0.2, 0.25) is 6.41 Å². The Morgan fingerprint density at radius 2 is 2.14 bits per heavy atom. The Hall–Kier alpha value is -1.51. The number of hydrogen-bond acceptors (Lipinski definition) is 2. The van der Waals surface area contributed by atoms with Crippen LogP contribution >= 0.6 is 0 Å². The molecule has 0 heterocycles. The lowest BCUT2D eigenvalue weighted by atomic mass is 10.0. The minimum atomic E-state index is -0.158. The van der Waals surface area contributed by atoms with E-state index in [0.717, 1.165) is 30.6 Å². The number of para-hydroxylation sites is 1. The zero-order valence-electron chi connectivity index (χ0n) is 8.12. The van der Waals surface area contributed by atoms with Crippen LogP contribution in [0.2, 0.25) is 0 Å². The Kier molecular flexibility index (Phi) is 2.15. The molecule has 1 N–H and O–H groups in total. The molecule has 1 saturated carbocycles. The lowest BCUT2D eigenvalue weighted by Gasteiger charge is -2.17. The maximum atomic E-state index is 10.5. The van der Waals surface area contributed by atoms with Crippen LogP contribution in [-0.2, 0) is 10.3 Å². The highest BCUT2D eigenvalue weighted by Gasteiger charge is 2.45. The Labute approximate surface area is 83.1 Å². The van der Waals surface area contributed by atoms with Gasteiger partial charge in [0, 0.05) is 5.56 Å². The summed E-state index contributed by atoms with van der Waals surface area (Å²) in [6.45, 7) is 0. The summed E-state index contributed by atoms with van der Waals surface area (Å²) in [4.78, 5) is 10.5.